The van der Waals surface area contributed by atoms with Gasteiger partial charge < -0.3 is 10.6 Å². The largest absolute Gasteiger partial charge is 0.339 e. The molecule has 2 N–H and O–H groups in total. The molecule has 0 atom stereocenters. The van der Waals surface area contributed by atoms with Crippen LogP contribution in [0.15, 0.2) is 54.6 Å². The van der Waals surface area contributed by atoms with Gasteiger partial charge in [0, 0.05) is 17.8 Å². The van der Waals surface area contributed by atoms with E-state index in [4.69, 9.17) is 4.98 Å². The zero-order valence-corrected chi connectivity index (χ0v) is 16.4. The minimum atomic E-state index is -0.108. The van der Waals surface area contributed by atoms with Gasteiger partial charge in [-0.05, 0) is 43.0 Å². The Morgan fingerprint density at radius 3 is 2.25 bits per heavy atom. The lowest BCUT2D eigenvalue weighted by Gasteiger charge is -2.30. The molecule has 3 aromatic rings. The van der Waals surface area contributed by atoms with Crippen molar-refractivity contribution >= 4 is 28.9 Å². The van der Waals surface area contributed by atoms with Gasteiger partial charge in [0.2, 0.25) is 5.95 Å². The minimum Gasteiger partial charge on any atom is -0.339 e. The fraction of sp³-hybridized carbons (Fsp3) is 0.261. The van der Waals surface area contributed by atoms with Gasteiger partial charge in [-0.15, -0.1) is 0 Å². The van der Waals surface area contributed by atoms with Crippen LogP contribution in [0.25, 0.3) is 0 Å². The van der Waals surface area contributed by atoms with Crippen LogP contribution in [-0.2, 0) is 6.42 Å². The molecule has 0 spiro atoms. The van der Waals surface area contributed by atoms with Crippen molar-refractivity contribution in [3.63, 3.8) is 0 Å². The van der Waals surface area contributed by atoms with E-state index in [9.17, 15) is 4.79 Å². The molecule has 0 radical (unpaired) electrons. The number of ketones is 1. The van der Waals surface area contributed by atoms with E-state index in [2.05, 4.69) is 36.4 Å². The van der Waals surface area contributed by atoms with E-state index in [0.717, 1.165) is 23.5 Å². The first-order valence-corrected chi connectivity index (χ1v) is 9.49. The number of hydrogen-bond donors (Lipinski definition) is 2. The Bertz CT molecular complexity index is 1010. The van der Waals surface area contributed by atoms with Gasteiger partial charge in [0.1, 0.15) is 5.82 Å². The fourth-order valence-electron chi connectivity index (χ4n) is 3.54. The topological polar surface area (TPSA) is 66.9 Å². The van der Waals surface area contributed by atoms with Crippen molar-refractivity contribution in [1.29, 1.82) is 0 Å². The number of rotatable bonds is 4. The molecule has 0 aliphatic heterocycles. The molecular weight excluding hydrogens is 348 g/mol. The summed E-state index contributed by atoms with van der Waals surface area (Å²) in [7, 11) is 0. The summed E-state index contributed by atoms with van der Waals surface area (Å²) in [6, 6.07) is 17.8. The second-order valence-electron chi connectivity index (χ2n) is 8.14. The van der Waals surface area contributed by atoms with Crippen molar-refractivity contribution in [2.45, 2.75) is 33.6 Å². The highest BCUT2D eigenvalue weighted by atomic mass is 16.1. The maximum atomic E-state index is 12.9. The average molecular weight is 372 g/mol. The van der Waals surface area contributed by atoms with Crippen LogP contribution in [-0.4, -0.2) is 15.8 Å². The Kier molecular flexibility index (Phi) is 4.59. The van der Waals surface area contributed by atoms with Crippen molar-refractivity contribution in [3.05, 3.63) is 71.4 Å². The average Bonchev–Trinajstić information content (AvgIpc) is 2.63. The van der Waals surface area contributed by atoms with Gasteiger partial charge in [0.25, 0.3) is 0 Å². The molecule has 2 aromatic carbocycles. The highest BCUT2D eigenvalue weighted by Gasteiger charge is 2.34. The van der Waals surface area contributed by atoms with Crippen LogP contribution < -0.4 is 10.6 Å². The van der Waals surface area contributed by atoms with Crippen LogP contribution >= 0.6 is 0 Å². The van der Waals surface area contributed by atoms with Crippen LogP contribution in [0.4, 0.5) is 23.1 Å². The molecule has 5 nitrogen and oxygen atoms in total. The van der Waals surface area contributed by atoms with Crippen LogP contribution in [0.1, 0.15) is 41.9 Å². The number of aromatic nitrogens is 2. The van der Waals surface area contributed by atoms with Gasteiger partial charge in [-0.1, -0.05) is 49.7 Å². The number of hydrogen-bond acceptors (Lipinski definition) is 5. The quantitative estimate of drug-likeness (QED) is 0.639. The van der Waals surface area contributed by atoms with Gasteiger partial charge in [-0.2, -0.15) is 4.98 Å². The summed E-state index contributed by atoms with van der Waals surface area (Å²) in [5.74, 6) is 1.14. The van der Waals surface area contributed by atoms with Crippen molar-refractivity contribution in [3.8, 4) is 0 Å². The van der Waals surface area contributed by atoms with Gasteiger partial charge in [0.05, 0.1) is 11.3 Å². The Morgan fingerprint density at radius 2 is 1.54 bits per heavy atom. The second-order valence-corrected chi connectivity index (χ2v) is 8.14. The predicted octanol–water partition coefficient (Wildman–Crippen LogP) is 5.43. The Balaban J connectivity index is 1.76. The van der Waals surface area contributed by atoms with Crippen molar-refractivity contribution < 1.29 is 4.79 Å². The summed E-state index contributed by atoms with van der Waals surface area (Å²) >= 11 is 0. The van der Waals surface area contributed by atoms with Crippen LogP contribution in [0.2, 0.25) is 0 Å². The molecule has 4 rings (SSSR count). The van der Waals surface area contributed by atoms with Crippen LogP contribution in [0.5, 0.6) is 0 Å². The third-order valence-electron chi connectivity index (χ3n) is 4.89. The smallest absolute Gasteiger partial charge is 0.229 e. The Morgan fingerprint density at radius 1 is 0.857 bits per heavy atom. The molecule has 0 saturated carbocycles. The first-order chi connectivity index (χ1) is 13.4. The number of anilines is 4. The lowest BCUT2D eigenvalue weighted by atomic mass is 9.75. The third-order valence-corrected chi connectivity index (χ3v) is 4.89. The molecular formula is C23H24N4O. The van der Waals surface area contributed by atoms with Gasteiger partial charge >= 0.3 is 0 Å². The van der Waals surface area contributed by atoms with E-state index >= 15 is 0 Å². The van der Waals surface area contributed by atoms with Gasteiger partial charge in [-0.25, -0.2) is 4.98 Å². The fourth-order valence-corrected chi connectivity index (χ4v) is 3.54. The predicted molar refractivity (Wildman–Crippen MR) is 113 cm³/mol. The SMILES string of the molecule is Cc1ccc(Nc2nc3c(c(Nc4ccccc4)n2)C(=O)CC(C)(C)C3)cc1. The number of fused-ring (bicyclic) bond motifs is 1. The van der Waals surface area contributed by atoms with Crippen LogP contribution in [0.3, 0.4) is 0 Å². The maximum Gasteiger partial charge on any atom is 0.229 e. The van der Waals surface area contributed by atoms with Crippen molar-refractivity contribution in [2.24, 2.45) is 5.41 Å². The second kappa shape index (κ2) is 7.08. The maximum absolute atomic E-state index is 12.9. The normalized spacial score (nSPS) is 15.0. The van der Waals surface area contributed by atoms with Crippen molar-refractivity contribution in [1.82, 2.24) is 9.97 Å². The number of nitrogens with one attached hydrogen (secondary N) is 2. The number of aryl methyl sites for hydroxylation is 1. The monoisotopic (exact) mass is 372 g/mol. The number of nitrogens with zero attached hydrogens (tertiary/aromatic N) is 2. The Hall–Kier alpha value is -3.21. The molecule has 1 aliphatic rings. The number of Topliss-reactive ketones (excluding diaryl/α,β-unsaturated/α-hetero) is 1. The summed E-state index contributed by atoms with van der Waals surface area (Å²) in [6.07, 6.45) is 1.24. The summed E-state index contributed by atoms with van der Waals surface area (Å²) in [5, 5.41) is 6.59. The van der Waals surface area contributed by atoms with Gasteiger partial charge in [0.15, 0.2) is 5.78 Å². The molecule has 142 valence electrons. The highest BCUT2D eigenvalue weighted by molar-refractivity contribution is 6.03. The first-order valence-electron chi connectivity index (χ1n) is 9.49. The lowest BCUT2D eigenvalue weighted by molar-refractivity contribution is 0.0911. The molecule has 0 unspecified atom stereocenters. The zero-order valence-electron chi connectivity index (χ0n) is 16.4. The minimum absolute atomic E-state index is 0.0894. The summed E-state index contributed by atoms with van der Waals surface area (Å²) in [5.41, 5.74) is 4.29. The van der Waals surface area contributed by atoms with Crippen molar-refractivity contribution in [2.75, 3.05) is 10.6 Å². The molecule has 5 heteroatoms. The van der Waals surface area contributed by atoms with E-state index in [0.29, 0.717) is 23.8 Å². The van der Waals surface area contributed by atoms with E-state index in [1.54, 1.807) is 0 Å². The first kappa shape index (κ1) is 18.2. The van der Waals surface area contributed by atoms with Gasteiger partial charge in [-0.3, -0.25) is 4.79 Å². The summed E-state index contributed by atoms with van der Waals surface area (Å²) in [6.45, 7) is 6.26. The van der Waals surface area contributed by atoms with E-state index in [1.165, 1.54) is 5.56 Å². The van der Waals surface area contributed by atoms with E-state index in [1.807, 2.05) is 54.6 Å². The number of para-hydroxylation sites is 1. The molecule has 1 aromatic heterocycles. The molecule has 1 aliphatic carbocycles. The zero-order chi connectivity index (χ0) is 19.7. The molecule has 0 bridgehead atoms. The molecule has 28 heavy (non-hydrogen) atoms. The standard InChI is InChI=1S/C23H24N4O/c1-15-9-11-17(12-10-15)25-22-26-18-13-23(2,3)14-19(28)20(18)21(27-22)24-16-7-5-4-6-8-16/h4-12H,13-14H2,1-3H3,(H2,24,25,26,27). The lowest BCUT2D eigenvalue weighted by Crippen LogP contribution is -2.29. The highest BCUT2D eigenvalue weighted by Crippen LogP contribution is 2.37. The molecule has 0 saturated heterocycles. The number of benzene rings is 2. The molecule has 0 amide bonds. The number of carbonyl (C=O) groups is 1. The molecule has 0 fully saturated rings. The van der Waals surface area contributed by atoms with E-state index in [-0.39, 0.29) is 11.2 Å². The summed E-state index contributed by atoms with van der Waals surface area (Å²) < 4.78 is 0. The summed E-state index contributed by atoms with van der Waals surface area (Å²) in [4.78, 5) is 22.2. The van der Waals surface area contributed by atoms with E-state index < -0.39 is 0 Å². The Labute approximate surface area is 165 Å². The van der Waals surface area contributed by atoms with Crippen LogP contribution in [0, 0.1) is 12.3 Å². The number of carbonyl (C=O) groups excluding carboxylic acids is 1. The molecule has 1 heterocycles. The third kappa shape index (κ3) is 3.88.